The number of aromatic nitrogens is 4. The molecule has 336 valence electrons. The molecule has 6 heterocycles. The molecule has 2 aromatic heterocycles. The molecule has 21 nitrogen and oxygen atoms in total. The van der Waals surface area contributed by atoms with Crippen molar-refractivity contribution < 1.29 is 68.9 Å². The Labute approximate surface area is 347 Å². The van der Waals surface area contributed by atoms with Gasteiger partial charge in [0.05, 0.1) is 18.6 Å². The fourth-order valence-electron chi connectivity index (χ4n) is 6.17. The first kappa shape index (κ1) is 47.9. The summed E-state index contributed by atoms with van der Waals surface area (Å²) in [5.41, 5.74) is 5.39. The second-order valence-electron chi connectivity index (χ2n) is 16.2. The molecule has 0 bridgehead atoms. The molecule has 4 aliphatic heterocycles. The lowest BCUT2D eigenvalue weighted by molar-refractivity contribution is -0.167. The van der Waals surface area contributed by atoms with E-state index in [1.54, 1.807) is 55.4 Å². The van der Waals surface area contributed by atoms with Gasteiger partial charge in [-0.25, -0.2) is 32.0 Å². The molecule has 0 aromatic carbocycles. The van der Waals surface area contributed by atoms with Gasteiger partial charge in [-0.1, -0.05) is 46.4 Å². The first-order chi connectivity index (χ1) is 27.8. The summed E-state index contributed by atoms with van der Waals surface area (Å²) < 4.78 is 106. The fourth-order valence-corrected chi connectivity index (χ4v) is 9.94. The number of nitrogens with two attached hydrogens (primary N) is 2. The lowest BCUT2D eigenvalue weighted by Crippen LogP contribution is -2.49. The summed E-state index contributed by atoms with van der Waals surface area (Å²) in [5, 5.41) is -0.170. The summed E-state index contributed by atoms with van der Waals surface area (Å²) >= 11 is 0.823. The number of anilines is 2. The smallest absolute Gasteiger partial charge is 0.437 e. The van der Waals surface area contributed by atoms with Crippen LogP contribution in [0.5, 0.6) is 0 Å². The zero-order valence-corrected chi connectivity index (χ0v) is 36.7. The van der Waals surface area contributed by atoms with E-state index in [9.17, 15) is 28.3 Å². The summed E-state index contributed by atoms with van der Waals surface area (Å²) in [6, 6.07) is 2.67. The van der Waals surface area contributed by atoms with Crippen LogP contribution in [-0.4, -0.2) is 91.9 Å². The van der Waals surface area contributed by atoms with Crippen LogP contribution in [0.25, 0.3) is 0 Å². The maximum Gasteiger partial charge on any atom is 0.478 e. The first-order valence-corrected chi connectivity index (χ1v) is 22.5. The summed E-state index contributed by atoms with van der Waals surface area (Å²) in [4.78, 5) is 55.2. The van der Waals surface area contributed by atoms with Crippen molar-refractivity contribution in [2.24, 2.45) is 10.8 Å². The van der Waals surface area contributed by atoms with Crippen molar-refractivity contribution in [3.63, 3.8) is 0 Å². The van der Waals surface area contributed by atoms with Gasteiger partial charge in [0.1, 0.15) is 41.0 Å². The van der Waals surface area contributed by atoms with Crippen LogP contribution >= 0.6 is 27.4 Å². The van der Waals surface area contributed by atoms with Gasteiger partial charge in [-0.2, -0.15) is 9.97 Å². The number of nitrogens with zero attached hydrogens (tertiary/aromatic N) is 4. The molecule has 4 aliphatic rings. The number of phosphoric ester groups is 2. The number of hydrogen-bond acceptors (Lipinski definition) is 20. The number of nitrogen functional groups attached to an aromatic ring is 2. The zero-order chi connectivity index (χ0) is 44.6. The Hall–Kier alpha value is -3.15. The molecule has 60 heavy (non-hydrogen) atoms. The number of hydrogen-bond donors (Lipinski definition) is 2. The van der Waals surface area contributed by atoms with Crippen LogP contribution in [0.15, 0.2) is 34.1 Å². The highest BCUT2D eigenvalue weighted by molar-refractivity contribution is 8.13. The molecule has 0 amide bonds. The fraction of sp³-hybridized carbons (Fsp3) is 0.706. The molecule has 0 radical (unpaired) electrons. The van der Waals surface area contributed by atoms with Crippen LogP contribution in [0.4, 0.5) is 20.4 Å². The van der Waals surface area contributed by atoms with Crippen LogP contribution in [0, 0.1) is 10.8 Å². The van der Waals surface area contributed by atoms with E-state index in [-0.39, 0.29) is 48.7 Å². The number of phosphoric acid groups is 2. The van der Waals surface area contributed by atoms with E-state index in [1.807, 2.05) is 0 Å². The molecule has 4 saturated heterocycles. The van der Waals surface area contributed by atoms with Gasteiger partial charge in [0, 0.05) is 17.8 Å². The van der Waals surface area contributed by atoms with Crippen molar-refractivity contribution in [2.75, 3.05) is 37.4 Å². The van der Waals surface area contributed by atoms with Crippen LogP contribution in [0.2, 0.25) is 0 Å². The Morgan fingerprint density at radius 3 is 1.63 bits per heavy atom. The molecule has 2 aromatic rings. The highest BCUT2D eigenvalue weighted by atomic mass is 32.2. The topological polar surface area (TPSA) is 273 Å². The molecule has 4 unspecified atom stereocenters. The summed E-state index contributed by atoms with van der Waals surface area (Å²) in [6.45, 7) is 12.3. The molecule has 4 N–H and O–H groups in total. The third-order valence-corrected chi connectivity index (χ3v) is 13.8. The van der Waals surface area contributed by atoms with Crippen molar-refractivity contribution in [3.05, 3.63) is 45.5 Å². The average molecular weight is 915 g/mol. The summed E-state index contributed by atoms with van der Waals surface area (Å²) in [6.07, 6.45) is -6.10. The largest absolute Gasteiger partial charge is 0.478 e. The molecule has 10 atom stereocenters. The molecular formula is C34H50F2N6O15P2S. The highest BCUT2D eigenvalue weighted by Gasteiger charge is 2.64. The zero-order valence-electron chi connectivity index (χ0n) is 34.1. The Kier molecular flexibility index (Phi) is 14.3. The number of esters is 1. The second-order valence-corrected chi connectivity index (χ2v) is 20.3. The number of fused-ring (bicyclic) bond motifs is 2. The van der Waals surface area contributed by atoms with Gasteiger partial charge in [-0.05, 0) is 45.7 Å². The standard InChI is InChI=1S/C17H25FN3O8P.C17H25FN3O7PS/c1-5-17-8-26-30(24,27-9-25-14(22)16(2,3)4)29-12(17)11(18)13(28-17)21-7-6-10(19)20-15(21)23;1-5-17-8-25-29(24,26-9-30-14(22)16(2,3)4)28-12(17)11(18)13(27-17)21-7-6-10(19)20-15(21)23/h2*6-7,11-13H,5,8-9H2,1-4H3,(H2,19,20,23)/t11-,12?,13-,17-,30?;11-,12?,13-,17-,29?/m11/s1. The molecule has 0 aliphatic carbocycles. The first-order valence-electron chi connectivity index (χ1n) is 18.6. The predicted molar refractivity (Wildman–Crippen MR) is 208 cm³/mol. The Morgan fingerprint density at radius 2 is 1.25 bits per heavy atom. The van der Waals surface area contributed by atoms with E-state index in [0.717, 1.165) is 20.9 Å². The van der Waals surface area contributed by atoms with Crippen LogP contribution in [-0.2, 0) is 60.1 Å². The van der Waals surface area contributed by atoms with Crippen molar-refractivity contribution in [1.29, 1.82) is 0 Å². The van der Waals surface area contributed by atoms with E-state index in [4.69, 9.17) is 52.8 Å². The van der Waals surface area contributed by atoms with Crippen molar-refractivity contribution in [2.45, 2.75) is 116 Å². The van der Waals surface area contributed by atoms with E-state index in [1.165, 1.54) is 24.5 Å². The number of carbonyl (C=O) groups is 2. The number of carbonyl (C=O) groups excluding carboxylic acids is 2. The number of ether oxygens (including phenoxy) is 3. The lowest BCUT2D eigenvalue weighted by atomic mass is 9.94. The molecule has 0 spiro atoms. The van der Waals surface area contributed by atoms with Crippen LogP contribution in [0.3, 0.4) is 0 Å². The third kappa shape index (κ3) is 10.2. The minimum atomic E-state index is -4.24. The molecule has 26 heteroatoms. The molecule has 4 fully saturated rings. The second kappa shape index (κ2) is 17.9. The van der Waals surface area contributed by atoms with Crippen LogP contribution < -0.4 is 22.8 Å². The van der Waals surface area contributed by atoms with Gasteiger partial charge < -0.3 is 25.7 Å². The SMILES string of the molecule is CC[C@@]12COP(=O)(OCOC(=O)C(C)(C)C)OC1[C@@H](F)[C@H](n1ccc(N)nc1=O)O2.CC[C@@]12COP(=O)(OCSC(=O)C(C)(C)C)OC1[C@@H](F)[C@H](n1ccc(N)nc1=O)O2. The van der Waals surface area contributed by atoms with Crippen molar-refractivity contribution in [3.8, 4) is 0 Å². The molecule has 0 saturated carbocycles. The Bertz CT molecular complexity index is 1990. The van der Waals surface area contributed by atoms with E-state index in [0.29, 0.717) is 0 Å². The van der Waals surface area contributed by atoms with Gasteiger partial charge in [-0.3, -0.25) is 41.3 Å². The Balaban J connectivity index is 0.000000228. The number of alkyl halides is 2. The van der Waals surface area contributed by atoms with E-state index in [2.05, 4.69) is 9.97 Å². The molecular weight excluding hydrogens is 864 g/mol. The van der Waals surface area contributed by atoms with Gasteiger partial charge >= 0.3 is 33.0 Å². The van der Waals surface area contributed by atoms with Gasteiger partial charge in [0.15, 0.2) is 29.9 Å². The number of halogens is 2. The van der Waals surface area contributed by atoms with E-state index >= 15 is 8.78 Å². The summed E-state index contributed by atoms with van der Waals surface area (Å²) in [7, 11) is -8.38. The maximum atomic E-state index is 15.3. The van der Waals surface area contributed by atoms with Gasteiger partial charge in [0.25, 0.3) is 0 Å². The predicted octanol–water partition coefficient (Wildman–Crippen LogP) is 4.57. The minimum Gasteiger partial charge on any atom is -0.437 e. The number of thioether (sulfide) groups is 1. The summed E-state index contributed by atoms with van der Waals surface area (Å²) in [5.74, 6) is -0.888. The van der Waals surface area contributed by atoms with Gasteiger partial charge in [-0.15, -0.1) is 0 Å². The lowest BCUT2D eigenvalue weighted by Gasteiger charge is -2.39. The Morgan fingerprint density at radius 1 is 0.817 bits per heavy atom. The maximum absolute atomic E-state index is 15.3. The quantitative estimate of drug-likeness (QED) is 0.188. The van der Waals surface area contributed by atoms with Gasteiger partial charge in [0.2, 0.25) is 6.79 Å². The average Bonchev–Trinajstić information content (AvgIpc) is 3.61. The minimum absolute atomic E-state index is 0.00735. The van der Waals surface area contributed by atoms with Crippen molar-refractivity contribution >= 4 is 50.1 Å². The van der Waals surface area contributed by atoms with Crippen LogP contribution in [0.1, 0.15) is 80.7 Å². The number of rotatable bonds is 10. The normalized spacial score (nSPS) is 33.9. The highest BCUT2D eigenvalue weighted by Crippen LogP contribution is 2.62. The molecule has 6 rings (SSSR count). The van der Waals surface area contributed by atoms with E-state index < -0.39 is 98.8 Å². The third-order valence-electron chi connectivity index (χ3n) is 9.77. The van der Waals surface area contributed by atoms with Crippen molar-refractivity contribution in [1.82, 2.24) is 19.1 Å². The monoisotopic (exact) mass is 914 g/mol.